The predicted molar refractivity (Wildman–Crippen MR) is 59.3 cm³/mol. The van der Waals surface area contributed by atoms with Crippen LogP contribution in [-0.4, -0.2) is 14.8 Å². The van der Waals surface area contributed by atoms with E-state index in [1.807, 2.05) is 12.4 Å². The molecule has 0 radical (unpaired) electrons. The SMILES string of the molecule is Brc1ccsc1-c1nncn1C1CC1. The molecule has 0 N–H and O–H groups in total. The highest BCUT2D eigenvalue weighted by molar-refractivity contribution is 9.10. The van der Waals surface area contributed by atoms with Gasteiger partial charge in [-0.1, -0.05) is 0 Å². The van der Waals surface area contributed by atoms with Crippen molar-refractivity contribution in [2.24, 2.45) is 0 Å². The molecule has 3 nitrogen and oxygen atoms in total. The zero-order chi connectivity index (χ0) is 9.54. The molecule has 1 saturated carbocycles. The van der Waals surface area contributed by atoms with Crippen molar-refractivity contribution < 1.29 is 0 Å². The Labute approximate surface area is 93.9 Å². The van der Waals surface area contributed by atoms with Gasteiger partial charge in [-0.05, 0) is 40.2 Å². The van der Waals surface area contributed by atoms with Gasteiger partial charge in [0, 0.05) is 10.5 Å². The van der Waals surface area contributed by atoms with Crippen LogP contribution in [0.15, 0.2) is 22.2 Å². The molecule has 0 aliphatic heterocycles. The summed E-state index contributed by atoms with van der Waals surface area (Å²) >= 11 is 5.22. The Morgan fingerprint density at radius 1 is 1.50 bits per heavy atom. The average Bonchev–Trinajstić information content (AvgIpc) is 2.75. The lowest BCUT2D eigenvalue weighted by Gasteiger charge is -2.02. The van der Waals surface area contributed by atoms with Crippen molar-refractivity contribution in [1.82, 2.24) is 14.8 Å². The summed E-state index contributed by atoms with van der Waals surface area (Å²) in [5.74, 6) is 0.995. The van der Waals surface area contributed by atoms with Crippen LogP contribution in [0.4, 0.5) is 0 Å². The number of thiophene rings is 1. The third-order valence-corrected chi connectivity index (χ3v) is 4.17. The number of rotatable bonds is 2. The van der Waals surface area contributed by atoms with Gasteiger partial charge in [-0.15, -0.1) is 21.5 Å². The van der Waals surface area contributed by atoms with Crippen LogP contribution >= 0.6 is 27.3 Å². The highest BCUT2D eigenvalue weighted by atomic mass is 79.9. The first-order valence-electron chi connectivity index (χ1n) is 4.49. The number of halogens is 1. The minimum atomic E-state index is 0.633. The van der Waals surface area contributed by atoms with E-state index in [4.69, 9.17) is 0 Å². The molecule has 0 unspecified atom stereocenters. The van der Waals surface area contributed by atoms with E-state index >= 15 is 0 Å². The molecule has 1 aliphatic rings. The van der Waals surface area contributed by atoms with E-state index in [1.54, 1.807) is 11.3 Å². The lowest BCUT2D eigenvalue weighted by Crippen LogP contribution is -1.94. The standard InChI is InChI=1S/C9H8BrN3S/c10-7-3-4-14-8(7)9-12-11-5-13(9)6-1-2-6/h3-6H,1-2H2. The van der Waals surface area contributed by atoms with E-state index in [9.17, 15) is 0 Å². The highest BCUT2D eigenvalue weighted by Crippen LogP contribution is 2.40. The van der Waals surface area contributed by atoms with Crippen molar-refractivity contribution >= 4 is 27.3 Å². The first-order valence-corrected chi connectivity index (χ1v) is 6.16. The van der Waals surface area contributed by atoms with Crippen LogP contribution in [0, 0.1) is 0 Å². The summed E-state index contributed by atoms with van der Waals surface area (Å²) in [5.41, 5.74) is 0. The van der Waals surface area contributed by atoms with Gasteiger partial charge in [0.25, 0.3) is 0 Å². The van der Waals surface area contributed by atoms with Gasteiger partial charge in [-0.25, -0.2) is 0 Å². The molecule has 0 bridgehead atoms. The molecule has 2 heterocycles. The van der Waals surface area contributed by atoms with Crippen LogP contribution in [0.3, 0.4) is 0 Å². The van der Waals surface area contributed by atoms with E-state index in [0.29, 0.717) is 6.04 Å². The van der Waals surface area contributed by atoms with Crippen LogP contribution in [0.25, 0.3) is 10.7 Å². The van der Waals surface area contributed by atoms with Crippen LogP contribution in [-0.2, 0) is 0 Å². The van der Waals surface area contributed by atoms with E-state index in [2.05, 4.69) is 36.1 Å². The summed E-state index contributed by atoms with van der Waals surface area (Å²) in [6, 6.07) is 2.68. The van der Waals surface area contributed by atoms with Crippen molar-refractivity contribution in [1.29, 1.82) is 0 Å². The zero-order valence-corrected chi connectivity index (χ0v) is 9.75. The van der Waals surface area contributed by atoms with Crippen LogP contribution in [0.2, 0.25) is 0 Å². The fourth-order valence-electron chi connectivity index (χ4n) is 1.48. The second-order valence-electron chi connectivity index (χ2n) is 3.39. The number of hydrogen-bond donors (Lipinski definition) is 0. The molecule has 3 rings (SSSR count). The molecule has 1 fully saturated rings. The molecule has 72 valence electrons. The van der Waals surface area contributed by atoms with E-state index in [-0.39, 0.29) is 0 Å². The topological polar surface area (TPSA) is 30.7 Å². The van der Waals surface area contributed by atoms with Gasteiger partial charge in [0.2, 0.25) is 0 Å². The highest BCUT2D eigenvalue weighted by Gasteiger charge is 2.27. The van der Waals surface area contributed by atoms with Crippen molar-refractivity contribution in [2.75, 3.05) is 0 Å². The second-order valence-corrected chi connectivity index (χ2v) is 5.16. The van der Waals surface area contributed by atoms with E-state index < -0.39 is 0 Å². The molecule has 0 atom stereocenters. The molecule has 14 heavy (non-hydrogen) atoms. The first kappa shape index (κ1) is 8.61. The smallest absolute Gasteiger partial charge is 0.175 e. The second kappa shape index (κ2) is 3.17. The van der Waals surface area contributed by atoms with Crippen molar-refractivity contribution in [3.05, 3.63) is 22.2 Å². The summed E-state index contributed by atoms with van der Waals surface area (Å²) in [6.45, 7) is 0. The Balaban J connectivity index is 2.11. The summed E-state index contributed by atoms with van der Waals surface area (Å²) < 4.78 is 3.29. The van der Waals surface area contributed by atoms with Crippen LogP contribution in [0.5, 0.6) is 0 Å². The van der Waals surface area contributed by atoms with Gasteiger partial charge in [-0.2, -0.15) is 0 Å². The van der Waals surface area contributed by atoms with E-state index in [1.165, 1.54) is 17.7 Å². The minimum Gasteiger partial charge on any atom is -0.310 e. The zero-order valence-electron chi connectivity index (χ0n) is 7.35. The molecule has 2 aromatic heterocycles. The lowest BCUT2D eigenvalue weighted by atomic mass is 10.4. The Morgan fingerprint density at radius 3 is 3.00 bits per heavy atom. The summed E-state index contributed by atoms with van der Waals surface area (Å²) in [7, 11) is 0. The average molecular weight is 270 g/mol. The normalized spacial score (nSPS) is 16.1. The maximum Gasteiger partial charge on any atom is 0.175 e. The van der Waals surface area contributed by atoms with Crippen molar-refractivity contribution in [3.8, 4) is 10.7 Å². The van der Waals surface area contributed by atoms with Gasteiger partial charge >= 0.3 is 0 Å². The molecule has 2 aromatic rings. The lowest BCUT2D eigenvalue weighted by molar-refractivity contribution is 0.747. The maximum absolute atomic E-state index is 4.17. The third kappa shape index (κ3) is 1.31. The maximum atomic E-state index is 4.17. The van der Waals surface area contributed by atoms with Gasteiger partial charge < -0.3 is 4.57 Å². The number of hydrogen-bond acceptors (Lipinski definition) is 3. The van der Waals surface area contributed by atoms with Gasteiger partial charge in [0.05, 0.1) is 4.88 Å². The Hall–Kier alpha value is -0.680. The quantitative estimate of drug-likeness (QED) is 0.839. The molecule has 0 aromatic carbocycles. The van der Waals surface area contributed by atoms with Crippen LogP contribution in [0.1, 0.15) is 18.9 Å². The fourth-order valence-corrected chi connectivity index (χ4v) is 3.02. The molecular weight excluding hydrogens is 262 g/mol. The summed E-state index contributed by atoms with van der Waals surface area (Å²) in [5, 5.41) is 10.2. The van der Waals surface area contributed by atoms with Crippen molar-refractivity contribution in [3.63, 3.8) is 0 Å². The monoisotopic (exact) mass is 269 g/mol. The predicted octanol–water partition coefficient (Wildman–Crippen LogP) is 3.10. The Morgan fingerprint density at radius 2 is 2.36 bits per heavy atom. The van der Waals surface area contributed by atoms with E-state index in [0.717, 1.165) is 10.3 Å². The summed E-state index contributed by atoms with van der Waals surface area (Å²) in [6.07, 6.45) is 4.35. The number of aromatic nitrogens is 3. The summed E-state index contributed by atoms with van der Waals surface area (Å²) in [4.78, 5) is 1.18. The van der Waals surface area contributed by atoms with Crippen LogP contribution < -0.4 is 0 Å². The first-order chi connectivity index (χ1) is 6.86. The number of nitrogens with zero attached hydrogens (tertiary/aromatic N) is 3. The van der Waals surface area contributed by atoms with Gasteiger partial charge in [-0.3, -0.25) is 0 Å². The Kier molecular flexibility index (Phi) is 1.95. The minimum absolute atomic E-state index is 0.633. The van der Waals surface area contributed by atoms with Crippen molar-refractivity contribution in [2.45, 2.75) is 18.9 Å². The molecule has 1 aliphatic carbocycles. The molecule has 5 heteroatoms. The third-order valence-electron chi connectivity index (χ3n) is 2.33. The molecule has 0 spiro atoms. The molecular formula is C9H8BrN3S. The van der Waals surface area contributed by atoms with Gasteiger partial charge in [0.15, 0.2) is 5.82 Å². The molecule has 0 saturated heterocycles. The fraction of sp³-hybridized carbons (Fsp3) is 0.333. The molecule has 0 amide bonds. The largest absolute Gasteiger partial charge is 0.310 e. The van der Waals surface area contributed by atoms with Gasteiger partial charge in [0.1, 0.15) is 6.33 Å². The Bertz CT molecular complexity index is 458.